The van der Waals surface area contributed by atoms with Crippen molar-refractivity contribution >= 4 is 5.69 Å². The number of ether oxygens (including phenoxy) is 1. The topological polar surface area (TPSA) is 35.2 Å². The molecule has 0 aromatic heterocycles. The van der Waals surface area contributed by atoms with E-state index in [9.17, 15) is 0 Å². The number of anilines is 1. The fourth-order valence-corrected chi connectivity index (χ4v) is 2.59. The summed E-state index contributed by atoms with van der Waals surface area (Å²) in [5.74, 6) is 2.33. The maximum Gasteiger partial charge on any atom is 0.119 e. The molecular formula is C13H15NO. The van der Waals surface area contributed by atoms with E-state index < -0.39 is 0 Å². The van der Waals surface area contributed by atoms with Gasteiger partial charge in [-0.15, -0.1) is 0 Å². The molecule has 0 aliphatic heterocycles. The van der Waals surface area contributed by atoms with Crippen molar-refractivity contribution in [3.63, 3.8) is 0 Å². The number of nitrogen functional groups attached to an aromatic ring is 1. The quantitative estimate of drug-likeness (QED) is 0.589. The summed E-state index contributed by atoms with van der Waals surface area (Å²) in [6, 6.07) is 7.67. The Morgan fingerprint density at radius 2 is 1.87 bits per heavy atom. The van der Waals surface area contributed by atoms with Gasteiger partial charge in [0.15, 0.2) is 0 Å². The van der Waals surface area contributed by atoms with Crippen LogP contribution in [0.15, 0.2) is 36.4 Å². The molecule has 0 amide bonds. The molecule has 3 unspecified atom stereocenters. The largest absolute Gasteiger partial charge is 0.490 e. The van der Waals surface area contributed by atoms with Gasteiger partial charge in [0.25, 0.3) is 0 Å². The zero-order valence-corrected chi connectivity index (χ0v) is 8.60. The highest BCUT2D eigenvalue weighted by atomic mass is 16.5. The van der Waals surface area contributed by atoms with Crippen LogP contribution in [-0.2, 0) is 0 Å². The summed E-state index contributed by atoms with van der Waals surface area (Å²) in [6.45, 7) is 0. The van der Waals surface area contributed by atoms with E-state index in [1.807, 2.05) is 24.3 Å². The number of hydrogen-bond acceptors (Lipinski definition) is 2. The lowest BCUT2D eigenvalue weighted by Gasteiger charge is -2.20. The van der Waals surface area contributed by atoms with Crippen LogP contribution >= 0.6 is 0 Å². The zero-order valence-electron chi connectivity index (χ0n) is 8.60. The molecule has 15 heavy (non-hydrogen) atoms. The lowest BCUT2D eigenvalue weighted by molar-refractivity contribution is 0.175. The van der Waals surface area contributed by atoms with Crippen molar-refractivity contribution in [2.45, 2.75) is 18.9 Å². The molecule has 1 saturated carbocycles. The Bertz CT molecular complexity index is 382. The van der Waals surface area contributed by atoms with E-state index in [4.69, 9.17) is 10.5 Å². The van der Waals surface area contributed by atoms with Crippen LogP contribution in [-0.4, -0.2) is 6.10 Å². The number of rotatable bonds is 2. The highest BCUT2D eigenvalue weighted by Gasteiger charge is 2.37. The average Bonchev–Trinajstić information content (AvgIpc) is 2.83. The fraction of sp³-hybridized carbons (Fsp3) is 0.385. The van der Waals surface area contributed by atoms with Crippen LogP contribution in [0, 0.1) is 11.8 Å². The van der Waals surface area contributed by atoms with Gasteiger partial charge in [-0.3, -0.25) is 0 Å². The van der Waals surface area contributed by atoms with Crippen molar-refractivity contribution in [1.82, 2.24) is 0 Å². The Morgan fingerprint density at radius 1 is 1.07 bits per heavy atom. The number of benzene rings is 1. The van der Waals surface area contributed by atoms with Gasteiger partial charge in [0, 0.05) is 11.6 Å². The predicted octanol–water partition coefficient (Wildman–Crippen LogP) is 2.61. The first-order chi connectivity index (χ1) is 7.31. The minimum Gasteiger partial charge on any atom is -0.490 e. The van der Waals surface area contributed by atoms with Crippen molar-refractivity contribution in [2.24, 2.45) is 11.8 Å². The molecule has 2 heteroatoms. The number of allylic oxidation sites excluding steroid dienone is 1. The van der Waals surface area contributed by atoms with E-state index in [-0.39, 0.29) is 0 Å². The highest BCUT2D eigenvalue weighted by molar-refractivity contribution is 5.41. The summed E-state index contributed by atoms with van der Waals surface area (Å²) in [6.07, 6.45) is 7.46. The molecule has 3 atom stereocenters. The minimum absolute atomic E-state index is 0.378. The maximum absolute atomic E-state index is 5.96. The first-order valence-corrected chi connectivity index (χ1v) is 5.52. The van der Waals surface area contributed by atoms with E-state index in [0.717, 1.165) is 17.4 Å². The molecule has 2 aliphatic carbocycles. The van der Waals surface area contributed by atoms with Gasteiger partial charge in [0.05, 0.1) is 0 Å². The summed E-state index contributed by atoms with van der Waals surface area (Å²) >= 11 is 0. The molecule has 0 spiro atoms. The van der Waals surface area contributed by atoms with Gasteiger partial charge < -0.3 is 10.5 Å². The van der Waals surface area contributed by atoms with E-state index >= 15 is 0 Å². The minimum atomic E-state index is 0.378. The number of fused-ring (bicyclic) bond motifs is 2. The number of hydrogen-bond donors (Lipinski definition) is 1. The van der Waals surface area contributed by atoms with Gasteiger partial charge in [0.1, 0.15) is 11.9 Å². The lowest BCUT2D eigenvalue weighted by atomic mass is 10.0. The molecule has 0 heterocycles. The van der Waals surface area contributed by atoms with E-state index in [1.165, 1.54) is 12.8 Å². The van der Waals surface area contributed by atoms with Crippen molar-refractivity contribution in [1.29, 1.82) is 0 Å². The third-order valence-electron chi connectivity index (χ3n) is 3.39. The molecule has 1 aromatic rings. The highest BCUT2D eigenvalue weighted by Crippen LogP contribution is 2.40. The van der Waals surface area contributed by atoms with Gasteiger partial charge in [-0.05, 0) is 43.0 Å². The molecule has 2 nitrogen and oxygen atoms in total. The molecule has 2 aliphatic rings. The van der Waals surface area contributed by atoms with E-state index in [1.54, 1.807) is 0 Å². The summed E-state index contributed by atoms with van der Waals surface area (Å²) in [5.41, 5.74) is 6.42. The number of nitrogens with two attached hydrogens (primary N) is 1. The van der Waals surface area contributed by atoms with Crippen LogP contribution in [0.4, 0.5) is 5.69 Å². The Kier molecular flexibility index (Phi) is 1.94. The Hall–Kier alpha value is -1.44. The van der Waals surface area contributed by atoms with Crippen LogP contribution in [0.1, 0.15) is 12.8 Å². The van der Waals surface area contributed by atoms with Gasteiger partial charge in [-0.25, -0.2) is 0 Å². The summed E-state index contributed by atoms with van der Waals surface area (Å²) in [5, 5.41) is 0. The van der Waals surface area contributed by atoms with Gasteiger partial charge >= 0.3 is 0 Å². The van der Waals surface area contributed by atoms with Gasteiger partial charge in [-0.1, -0.05) is 12.2 Å². The van der Waals surface area contributed by atoms with Crippen LogP contribution in [0.3, 0.4) is 0 Å². The van der Waals surface area contributed by atoms with Gasteiger partial charge in [0.2, 0.25) is 0 Å². The normalized spacial score (nSPS) is 32.1. The van der Waals surface area contributed by atoms with Gasteiger partial charge in [-0.2, -0.15) is 0 Å². The molecular weight excluding hydrogens is 186 g/mol. The SMILES string of the molecule is Nc1ccc(OC2CC3C=CC2C3)cc1. The molecule has 1 aromatic carbocycles. The van der Waals surface area contributed by atoms with Crippen LogP contribution < -0.4 is 10.5 Å². The molecule has 0 radical (unpaired) electrons. The molecule has 2 bridgehead atoms. The monoisotopic (exact) mass is 201 g/mol. The van der Waals surface area contributed by atoms with Crippen LogP contribution in [0.25, 0.3) is 0 Å². The summed E-state index contributed by atoms with van der Waals surface area (Å²) in [7, 11) is 0. The lowest BCUT2D eigenvalue weighted by Crippen LogP contribution is -2.21. The first kappa shape index (κ1) is 8.84. The Morgan fingerprint density at radius 3 is 2.47 bits per heavy atom. The first-order valence-electron chi connectivity index (χ1n) is 5.52. The fourth-order valence-electron chi connectivity index (χ4n) is 2.59. The van der Waals surface area contributed by atoms with Crippen LogP contribution in [0.2, 0.25) is 0 Å². The molecule has 3 rings (SSSR count). The van der Waals surface area contributed by atoms with Crippen molar-refractivity contribution in [2.75, 3.05) is 5.73 Å². The van der Waals surface area contributed by atoms with E-state index in [2.05, 4.69) is 12.2 Å². The second-order valence-electron chi connectivity index (χ2n) is 4.51. The second kappa shape index (κ2) is 3.30. The third-order valence-corrected chi connectivity index (χ3v) is 3.39. The van der Waals surface area contributed by atoms with Crippen molar-refractivity contribution in [3.8, 4) is 5.75 Å². The average molecular weight is 201 g/mol. The van der Waals surface area contributed by atoms with Crippen molar-refractivity contribution < 1.29 is 4.74 Å². The molecule has 78 valence electrons. The standard InChI is InChI=1S/C13H15NO/c14-11-3-5-12(6-4-11)15-13-8-9-1-2-10(13)7-9/h1-6,9-10,13H,7-8,14H2. The second-order valence-corrected chi connectivity index (χ2v) is 4.51. The summed E-state index contributed by atoms with van der Waals surface area (Å²) in [4.78, 5) is 0. The van der Waals surface area contributed by atoms with Crippen LogP contribution in [0.5, 0.6) is 5.75 Å². The Labute approximate surface area is 89.7 Å². The molecule has 2 N–H and O–H groups in total. The predicted molar refractivity (Wildman–Crippen MR) is 60.6 cm³/mol. The Balaban J connectivity index is 1.71. The maximum atomic E-state index is 5.96. The zero-order chi connectivity index (χ0) is 10.3. The van der Waals surface area contributed by atoms with Crippen molar-refractivity contribution in [3.05, 3.63) is 36.4 Å². The smallest absolute Gasteiger partial charge is 0.119 e. The van der Waals surface area contributed by atoms with E-state index in [0.29, 0.717) is 12.0 Å². The molecule has 0 saturated heterocycles. The summed E-state index contributed by atoms with van der Waals surface area (Å²) < 4.78 is 5.96. The third kappa shape index (κ3) is 1.60. The molecule has 1 fully saturated rings.